The lowest BCUT2D eigenvalue weighted by Crippen LogP contribution is -2.39. The zero-order chi connectivity index (χ0) is 15.5. The summed E-state index contributed by atoms with van der Waals surface area (Å²) in [7, 11) is -3.61. The van der Waals surface area contributed by atoms with Gasteiger partial charge in [-0.3, -0.25) is 0 Å². The van der Waals surface area contributed by atoms with Crippen LogP contribution in [0.15, 0.2) is 23.1 Å². The fourth-order valence-corrected chi connectivity index (χ4v) is 4.27. The van der Waals surface area contributed by atoms with Gasteiger partial charge in [0, 0.05) is 19.1 Å². The van der Waals surface area contributed by atoms with Gasteiger partial charge in [0.25, 0.3) is 0 Å². The van der Waals surface area contributed by atoms with Gasteiger partial charge in [-0.15, -0.1) is 0 Å². The molecule has 20 heavy (non-hydrogen) atoms. The molecule has 0 amide bonds. The summed E-state index contributed by atoms with van der Waals surface area (Å²) >= 11 is 6.08. The molecule has 0 fully saturated rings. The highest BCUT2D eigenvalue weighted by molar-refractivity contribution is 7.89. The van der Waals surface area contributed by atoms with E-state index in [1.165, 1.54) is 4.31 Å². The number of sulfonamides is 1. The third-order valence-electron chi connectivity index (χ3n) is 2.94. The number of hydrogen-bond donors (Lipinski definition) is 1. The van der Waals surface area contributed by atoms with Crippen LogP contribution in [-0.2, 0) is 16.6 Å². The zero-order valence-corrected chi connectivity index (χ0v) is 14.0. The Hall–Kier alpha value is -0.620. The van der Waals surface area contributed by atoms with Crippen LogP contribution in [0.2, 0.25) is 5.02 Å². The van der Waals surface area contributed by atoms with Gasteiger partial charge in [0.1, 0.15) is 4.90 Å². The molecule has 0 saturated carbocycles. The second-order valence-electron chi connectivity index (χ2n) is 5.53. The highest BCUT2D eigenvalue weighted by Gasteiger charge is 2.29. The van der Waals surface area contributed by atoms with Crippen LogP contribution >= 0.6 is 11.6 Å². The van der Waals surface area contributed by atoms with E-state index >= 15 is 0 Å². The predicted molar refractivity (Wildman–Crippen MR) is 83.2 cm³/mol. The molecule has 2 N–H and O–H groups in total. The van der Waals surface area contributed by atoms with Gasteiger partial charge in [-0.1, -0.05) is 31.5 Å². The van der Waals surface area contributed by atoms with Gasteiger partial charge in [0.15, 0.2) is 0 Å². The average Bonchev–Trinajstić information content (AvgIpc) is 2.35. The molecule has 1 aromatic carbocycles. The van der Waals surface area contributed by atoms with Gasteiger partial charge in [-0.2, -0.15) is 4.31 Å². The lowest BCUT2D eigenvalue weighted by atomic mass is 10.2. The molecule has 0 aromatic heterocycles. The standard InChI is InChI=1S/C14H23ClN2O2S/c1-10(2)9-17(11(3)4)20(18,19)14-7-12(8-16)5-6-13(14)15/h5-7,10-11H,8-9,16H2,1-4H3. The molecule has 0 aliphatic heterocycles. The fourth-order valence-electron chi connectivity index (χ4n) is 1.95. The first-order valence-electron chi connectivity index (χ1n) is 6.70. The van der Waals surface area contributed by atoms with Gasteiger partial charge in [-0.05, 0) is 37.5 Å². The molecular formula is C14H23ClN2O2S. The van der Waals surface area contributed by atoms with Gasteiger partial charge in [-0.25, -0.2) is 8.42 Å². The van der Waals surface area contributed by atoms with Crippen molar-refractivity contribution in [2.75, 3.05) is 6.54 Å². The van der Waals surface area contributed by atoms with Crippen molar-refractivity contribution in [2.45, 2.75) is 45.2 Å². The van der Waals surface area contributed by atoms with Crippen LogP contribution in [0.1, 0.15) is 33.3 Å². The molecule has 0 aliphatic carbocycles. The van der Waals surface area contributed by atoms with E-state index in [-0.39, 0.29) is 28.4 Å². The van der Waals surface area contributed by atoms with Crippen LogP contribution in [0.4, 0.5) is 0 Å². The molecule has 0 bridgehead atoms. The van der Waals surface area contributed by atoms with E-state index in [4.69, 9.17) is 17.3 Å². The van der Waals surface area contributed by atoms with E-state index < -0.39 is 10.0 Å². The second-order valence-corrected chi connectivity index (χ2v) is 7.80. The smallest absolute Gasteiger partial charge is 0.244 e. The number of nitrogens with two attached hydrogens (primary N) is 1. The molecule has 0 aliphatic rings. The highest BCUT2D eigenvalue weighted by atomic mass is 35.5. The molecule has 6 heteroatoms. The lowest BCUT2D eigenvalue weighted by Gasteiger charge is -2.28. The minimum Gasteiger partial charge on any atom is -0.326 e. The van der Waals surface area contributed by atoms with Gasteiger partial charge < -0.3 is 5.73 Å². The van der Waals surface area contributed by atoms with E-state index in [9.17, 15) is 8.42 Å². The molecule has 114 valence electrons. The van der Waals surface area contributed by atoms with Gasteiger partial charge in [0.05, 0.1) is 5.02 Å². The number of hydrogen-bond acceptors (Lipinski definition) is 3. The Balaban J connectivity index is 3.32. The summed E-state index contributed by atoms with van der Waals surface area (Å²) in [6, 6.07) is 4.77. The molecule has 0 unspecified atom stereocenters. The lowest BCUT2D eigenvalue weighted by molar-refractivity contribution is 0.319. The largest absolute Gasteiger partial charge is 0.326 e. The van der Waals surface area contributed by atoms with Crippen molar-refractivity contribution < 1.29 is 8.42 Å². The van der Waals surface area contributed by atoms with E-state index in [1.54, 1.807) is 18.2 Å². The summed E-state index contributed by atoms with van der Waals surface area (Å²) in [4.78, 5) is 0.136. The van der Waals surface area contributed by atoms with Crippen molar-refractivity contribution >= 4 is 21.6 Å². The third kappa shape index (κ3) is 3.95. The third-order valence-corrected chi connectivity index (χ3v) is 5.46. The van der Waals surface area contributed by atoms with E-state index in [2.05, 4.69) is 0 Å². The SMILES string of the molecule is CC(C)CN(C(C)C)S(=O)(=O)c1cc(CN)ccc1Cl. The molecule has 0 atom stereocenters. The molecule has 0 heterocycles. The van der Waals surface area contributed by atoms with Gasteiger partial charge in [0.2, 0.25) is 10.0 Å². The highest BCUT2D eigenvalue weighted by Crippen LogP contribution is 2.27. The molecule has 4 nitrogen and oxygen atoms in total. The number of rotatable bonds is 6. The fraction of sp³-hybridized carbons (Fsp3) is 0.571. The number of nitrogens with zero attached hydrogens (tertiary/aromatic N) is 1. The summed E-state index contributed by atoms with van der Waals surface area (Å²) in [5.41, 5.74) is 6.33. The van der Waals surface area contributed by atoms with Crippen LogP contribution < -0.4 is 5.73 Å². The number of benzene rings is 1. The maximum absolute atomic E-state index is 12.8. The second kappa shape index (κ2) is 6.89. The van der Waals surface area contributed by atoms with Crippen LogP contribution in [-0.4, -0.2) is 25.3 Å². The summed E-state index contributed by atoms with van der Waals surface area (Å²) in [5.74, 6) is 0.239. The summed E-state index contributed by atoms with van der Waals surface area (Å²) in [6.45, 7) is 8.45. The zero-order valence-electron chi connectivity index (χ0n) is 12.4. The van der Waals surface area contributed by atoms with E-state index in [1.807, 2.05) is 27.7 Å². The molecular weight excluding hydrogens is 296 g/mol. The Bertz CT molecular complexity index is 556. The summed E-state index contributed by atoms with van der Waals surface area (Å²) < 4.78 is 27.1. The van der Waals surface area contributed by atoms with Crippen molar-refractivity contribution in [3.8, 4) is 0 Å². The Labute approximate surface area is 127 Å². The summed E-state index contributed by atoms with van der Waals surface area (Å²) in [5, 5.41) is 0.233. The first kappa shape index (κ1) is 17.4. The van der Waals surface area contributed by atoms with Crippen LogP contribution in [0, 0.1) is 5.92 Å². The molecule has 0 radical (unpaired) electrons. The Morgan fingerprint density at radius 3 is 2.30 bits per heavy atom. The first-order chi connectivity index (χ1) is 9.20. The monoisotopic (exact) mass is 318 g/mol. The van der Waals surface area contributed by atoms with Crippen molar-refractivity contribution in [1.29, 1.82) is 0 Å². The molecule has 0 saturated heterocycles. The molecule has 1 aromatic rings. The Morgan fingerprint density at radius 1 is 1.25 bits per heavy atom. The Morgan fingerprint density at radius 2 is 1.85 bits per heavy atom. The maximum Gasteiger partial charge on any atom is 0.244 e. The molecule has 0 spiro atoms. The maximum atomic E-state index is 12.8. The average molecular weight is 319 g/mol. The van der Waals surface area contributed by atoms with Gasteiger partial charge >= 0.3 is 0 Å². The van der Waals surface area contributed by atoms with Crippen molar-refractivity contribution in [3.63, 3.8) is 0 Å². The van der Waals surface area contributed by atoms with Crippen LogP contribution in [0.3, 0.4) is 0 Å². The molecule has 1 rings (SSSR count). The normalized spacial score (nSPS) is 12.7. The van der Waals surface area contributed by atoms with E-state index in [0.717, 1.165) is 5.56 Å². The topological polar surface area (TPSA) is 63.4 Å². The van der Waals surface area contributed by atoms with E-state index in [0.29, 0.717) is 6.54 Å². The van der Waals surface area contributed by atoms with Crippen molar-refractivity contribution in [1.82, 2.24) is 4.31 Å². The minimum absolute atomic E-state index is 0.125. The van der Waals surface area contributed by atoms with Crippen molar-refractivity contribution in [3.05, 3.63) is 28.8 Å². The quantitative estimate of drug-likeness (QED) is 0.877. The minimum atomic E-state index is -3.61. The first-order valence-corrected chi connectivity index (χ1v) is 8.52. The summed E-state index contributed by atoms with van der Waals surface area (Å²) in [6.07, 6.45) is 0. The van der Waals surface area contributed by atoms with Crippen LogP contribution in [0.5, 0.6) is 0 Å². The van der Waals surface area contributed by atoms with Crippen LogP contribution in [0.25, 0.3) is 0 Å². The number of halogens is 1. The Kier molecular flexibility index (Phi) is 6.01. The van der Waals surface area contributed by atoms with Crippen molar-refractivity contribution in [2.24, 2.45) is 11.7 Å². The predicted octanol–water partition coefficient (Wildman–Crippen LogP) is 2.85.